The van der Waals surface area contributed by atoms with Gasteiger partial charge in [0.15, 0.2) is 10.7 Å². The van der Waals surface area contributed by atoms with Gasteiger partial charge in [0.05, 0.1) is 0 Å². The van der Waals surface area contributed by atoms with Gasteiger partial charge in [0.25, 0.3) is 0 Å². The summed E-state index contributed by atoms with van der Waals surface area (Å²) in [7, 11) is 0. The molecule has 0 atom stereocenters. The average Bonchev–Trinajstić information content (AvgIpc) is 2.98. The van der Waals surface area contributed by atoms with E-state index < -0.39 is 0 Å². The lowest BCUT2D eigenvalue weighted by Crippen LogP contribution is -2.00. The zero-order valence-electron chi connectivity index (χ0n) is 11.9. The van der Waals surface area contributed by atoms with Crippen LogP contribution in [0.1, 0.15) is 5.56 Å². The maximum atomic E-state index is 9.02. The summed E-state index contributed by atoms with van der Waals surface area (Å²) in [6.45, 7) is 1.94. The van der Waals surface area contributed by atoms with Crippen molar-refractivity contribution in [1.29, 1.82) is 15.8 Å². The topological polar surface area (TPSA) is 126 Å². The first-order valence-corrected chi connectivity index (χ1v) is 7.05. The summed E-state index contributed by atoms with van der Waals surface area (Å²) < 4.78 is 0. The van der Waals surface area contributed by atoms with Crippen LogP contribution in [0.3, 0.4) is 0 Å². The molecule has 23 heavy (non-hydrogen) atoms. The molecule has 0 amide bonds. The highest BCUT2D eigenvalue weighted by atomic mass is 32.1. The first kappa shape index (κ1) is 16.0. The minimum absolute atomic E-state index is 0.129. The highest BCUT2D eigenvalue weighted by Gasteiger charge is 2.17. The Kier molecular flexibility index (Phi) is 4.91. The van der Waals surface area contributed by atoms with E-state index >= 15 is 0 Å². The monoisotopic (exact) mass is 323 g/mol. The van der Waals surface area contributed by atoms with Gasteiger partial charge >= 0.3 is 0 Å². The number of thiazole rings is 1. The molecule has 2 N–H and O–H groups in total. The van der Waals surface area contributed by atoms with Crippen LogP contribution < -0.4 is 10.2 Å². The van der Waals surface area contributed by atoms with E-state index in [0.717, 1.165) is 16.9 Å². The first-order chi connectivity index (χ1) is 11.1. The van der Waals surface area contributed by atoms with Crippen LogP contribution in [-0.2, 0) is 0 Å². The number of nitrogens with one attached hydrogen (secondary N) is 1. The normalized spacial score (nSPS) is 9.17. The van der Waals surface area contributed by atoms with Crippen molar-refractivity contribution in [3.05, 3.63) is 41.1 Å². The smallest absolute Gasteiger partial charge is 0.248 e. The average molecular weight is 323 g/mol. The molecule has 0 radical (unpaired) electrons. The third-order valence-electron chi connectivity index (χ3n) is 2.82. The lowest BCUT2D eigenvalue weighted by atomic mass is 10.1. The quantitative estimate of drug-likeness (QED) is 0.502. The van der Waals surface area contributed by atoms with Gasteiger partial charge in [-0.3, -0.25) is 0 Å². The second-order valence-electron chi connectivity index (χ2n) is 4.32. The lowest BCUT2D eigenvalue weighted by molar-refractivity contribution is -0.133. The molecule has 2 rings (SSSR count). The van der Waals surface area contributed by atoms with Crippen LogP contribution in [0.4, 0.5) is 5.13 Å². The Labute approximate surface area is 135 Å². The van der Waals surface area contributed by atoms with Gasteiger partial charge in [0.2, 0.25) is 5.06 Å². The van der Waals surface area contributed by atoms with Crippen molar-refractivity contribution in [2.45, 2.75) is 6.92 Å². The second kappa shape index (κ2) is 7.06. The zero-order valence-corrected chi connectivity index (χ0v) is 12.7. The van der Waals surface area contributed by atoms with Crippen LogP contribution in [0.2, 0.25) is 0 Å². The molecule has 8 heteroatoms. The lowest BCUT2D eigenvalue weighted by Gasteiger charge is -2.00. The fourth-order valence-corrected chi connectivity index (χ4v) is 2.47. The molecule has 0 aliphatic carbocycles. The standard InChI is InChI=1S/C15H9N5O2S/c1-9-2-4-10(5-3-9)13-14(22-21)23-15(20-13)19-12(8-18)11(6-16)7-17/h2-5,21H,1H3,(H,19,20). The second-order valence-corrected chi connectivity index (χ2v) is 5.28. The molecule has 112 valence electrons. The number of rotatable bonds is 4. The number of allylic oxidation sites excluding steroid dienone is 2. The van der Waals surface area contributed by atoms with Crippen LogP contribution in [0.15, 0.2) is 35.5 Å². The maximum Gasteiger partial charge on any atom is 0.248 e. The van der Waals surface area contributed by atoms with Gasteiger partial charge in [-0.15, -0.1) is 0 Å². The van der Waals surface area contributed by atoms with E-state index in [-0.39, 0.29) is 21.5 Å². The molecule has 0 spiro atoms. The van der Waals surface area contributed by atoms with Crippen LogP contribution >= 0.6 is 11.3 Å². The summed E-state index contributed by atoms with van der Waals surface area (Å²) in [5, 5.41) is 38.6. The van der Waals surface area contributed by atoms with Crippen molar-refractivity contribution in [2.75, 3.05) is 5.32 Å². The molecule has 0 bridgehead atoms. The number of nitriles is 3. The fourth-order valence-electron chi connectivity index (χ4n) is 1.71. The molecular weight excluding hydrogens is 314 g/mol. The predicted octanol–water partition coefficient (Wildman–Crippen LogP) is 3.21. The molecule has 0 aliphatic rings. The molecule has 0 unspecified atom stereocenters. The molecule has 7 nitrogen and oxygen atoms in total. The Balaban J connectivity index is 2.43. The number of hydrogen-bond acceptors (Lipinski definition) is 8. The van der Waals surface area contributed by atoms with Crippen molar-refractivity contribution in [3.63, 3.8) is 0 Å². The van der Waals surface area contributed by atoms with Crippen LogP contribution in [0, 0.1) is 40.9 Å². The van der Waals surface area contributed by atoms with Crippen LogP contribution in [0.5, 0.6) is 5.06 Å². The van der Waals surface area contributed by atoms with Crippen molar-refractivity contribution in [3.8, 4) is 34.5 Å². The van der Waals surface area contributed by atoms with E-state index in [1.807, 2.05) is 31.2 Å². The van der Waals surface area contributed by atoms with Crippen molar-refractivity contribution in [2.24, 2.45) is 0 Å². The van der Waals surface area contributed by atoms with Gasteiger partial charge in [-0.05, 0) is 6.92 Å². The summed E-state index contributed by atoms with van der Waals surface area (Å²) >= 11 is 0.942. The van der Waals surface area contributed by atoms with E-state index in [2.05, 4.69) is 15.2 Å². The molecule has 2 aromatic rings. The zero-order chi connectivity index (χ0) is 16.8. The third-order valence-corrected chi connectivity index (χ3v) is 3.66. The summed E-state index contributed by atoms with van der Waals surface area (Å²) in [6, 6.07) is 12.4. The molecule has 1 heterocycles. The molecule has 0 saturated heterocycles. The highest BCUT2D eigenvalue weighted by Crippen LogP contribution is 2.38. The Morgan fingerprint density at radius 1 is 1.17 bits per heavy atom. The summed E-state index contributed by atoms with van der Waals surface area (Å²) in [4.78, 5) is 8.56. The van der Waals surface area contributed by atoms with Crippen molar-refractivity contribution < 1.29 is 10.1 Å². The third kappa shape index (κ3) is 3.45. The first-order valence-electron chi connectivity index (χ1n) is 6.23. The van der Waals surface area contributed by atoms with Gasteiger partial charge in [-0.1, -0.05) is 41.2 Å². The molecule has 1 aromatic heterocycles. The van der Waals surface area contributed by atoms with Gasteiger partial charge in [0.1, 0.15) is 29.6 Å². The number of aromatic nitrogens is 1. The van der Waals surface area contributed by atoms with Gasteiger partial charge in [-0.25, -0.2) is 10.2 Å². The molecular formula is C15H9N5O2S. The Hall–Kier alpha value is -3.38. The summed E-state index contributed by atoms with van der Waals surface area (Å²) in [5.74, 6) is 0. The Morgan fingerprint density at radius 2 is 1.83 bits per heavy atom. The van der Waals surface area contributed by atoms with E-state index in [4.69, 9.17) is 21.0 Å². The molecule has 1 aromatic carbocycles. The Bertz CT molecular complexity index is 863. The fraction of sp³-hybridized carbons (Fsp3) is 0.0667. The minimum Gasteiger partial charge on any atom is -0.327 e. The van der Waals surface area contributed by atoms with Crippen LogP contribution in [0.25, 0.3) is 11.3 Å². The van der Waals surface area contributed by atoms with Crippen molar-refractivity contribution >= 4 is 16.5 Å². The maximum absolute atomic E-state index is 9.02. The van der Waals surface area contributed by atoms with E-state index in [1.165, 1.54) is 0 Å². The van der Waals surface area contributed by atoms with E-state index in [9.17, 15) is 0 Å². The SMILES string of the molecule is Cc1ccc(-c2nc(NC(C#N)=C(C#N)C#N)sc2OO)cc1. The number of benzene rings is 1. The van der Waals surface area contributed by atoms with Gasteiger partial charge in [-0.2, -0.15) is 15.8 Å². The predicted molar refractivity (Wildman–Crippen MR) is 83.0 cm³/mol. The highest BCUT2D eigenvalue weighted by molar-refractivity contribution is 7.17. The molecule has 0 aliphatic heterocycles. The number of aryl methyl sites for hydroxylation is 1. The number of hydrogen-bond donors (Lipinski definition) is 2. The molecule has 0 fully saturated rings. The minimum atomic E-state index is -0.356. The van der Waals surface area contributed by atoms with Gasteiger partial charge < -0.3 is 10.2 Å². The van der Waals surface area contributed by atoms with Crippen LogP contribution in [-0.4, -0.2) is 10.2 Å². The summed E-state index contributed by atoms with van der Waals surface area (Å²) in [5.41, 5.74) is 1.59. The molecule has 0 saturated carbocycles. The number of anilines is 1. The largest absolute Gasteiger partial charge is 0.327 e. The van der Waals surface area contributed by atoms with Gasteiger partial charge in [0, 0.05) is 5.56 Å². The number of nitrogens with zero attached hydrogens (tertiary/aromatic N) is 4. The van der Waals surface area contributed by atoms with E-state index in [1.54, 1.807) is 18.2 Å². The summed E-state index contributed by atoms with van der Waals surface area (Å²) in [6.07, 6.45) is 0. The Morgan fingerprint density at radius 3 is 2.35 bits per heavy atom. The van der Waals surface area contributed by atoms with E-state index in [0.29, 0.717) is 11.3 Å². The van der Waals surface area contributed by atoms with Crippen molar-refractivity contribution in [1.82, 2.24) is 4.98 Å².